The predicted molar refractivity (Wildman–Crippen MR) is 96.9 cm³/mol. The van der Waals surface area contributed by atoms with Gasteiger partial charge < -0.3 is 40.5 Å². The third kappa shape index (κ3) is 5.36. The van der Waals surface area contributed by atoms with Gasteiger partial charge in [0.2, 0.25) is 0 Å². The van der Waals surface area contributed by atoms with E-state index in [0.717, 1.165) is 0 Å². The normalized spacial score (nSPS) is 36.7. The van der Waals surface area contributed by atoms with E-state index in [1.807, 2.05) is 27.7 Å². The molecule has 2 unspecified atom stereocenters. The predicted octanol–water partition coefficient (Wildman–Crippen LogP) is -1.26. The Bertz CT molecular complexity index is 411. The van der Waals surface area contributed by atoms with Crippen LogP contribution in [0.25, 0.3) is 0 Å². The lowest BCUT2D eigenvalue weighted by Crippen LogP contribution is -2.51. The van der Waals surface area contributed by atoms with Crippen LogP contribution in [0, 0.1) is 0 Å². The smallest absolute Gasteiger partial charge is 0.119 e. The molecule has 0 aromatic rings. The number of aliphatic hydroxyl groups is 4. The molecule has 2 heterocycles. The number of hydrogen-bond donors (Lipinski definition) is 6. The van der Waals surface area contributed by atoms with Gasteiger partial charge in [-0.1, -0.05) is 27.7 Å². The van der Waals surface area contributed by atoms with Crippen LogP contribution < -0.4 is 10.6 Å². The van der Waals surface area contributed by atoms with Crippen LogP contribution in [0.5, 0.6) is 0 Å². The fourth-order valence-electron chi connectivity index (χ4n) is 3.74. The summed E-state index contributed by atoms with van der Waals surface area (Å²) in [5.41, 5.74) is -2.71. The molecule has 2 saturated heterocycles. The zero-order valence-electron chi connectivity index (χ0n) is 16.3. The highest BCUT2D eigenvalue weighted by atomic mass is 16.6. The quantitative estimate of drug-likeness (QED) is 0.279. The van der Waals surface area contributed by atoms with E-state index in [-0.39, 0.29) is 38.1 Å². The molecule has 26 heavy (non-hydrogen) atoms. The van der Waals surface area contributed by atoms with Crippen LogP contribution in [0.4, 0.5) is 0 Å². The summed E-state index contributed by atoms with van der Waals surface area (Å²) in [6.07, 6.45) is -2.73. The summed E-state index contributed by atoms with van der Waals surface area (Å²) in [4.78, 5) is 0. The lowest BCUT2D eigenvalue weighted by atomic mass is 9.84. The van der Waals surface area contributed by atoms with Crippen molar-refractivity contribution >= 4 is 0 Å². The Morgan fingerprint density at radius 3 is 1.46 bits per heavy atom. The van der Waals surface area contributed by atoms with Crippen molar-refractivity contribution in [2.24, 2.45) is 0 Å². The SMILES string of the molecule is CC(C)NCC(O)C[C@]1(O)CO[C@H]2[C@@H]1OC[C@]2(O)CC(O)CNC(C)C. The zero-order valence-corrected chi connectivity index (χ0v) is 16.3. The van der Waals surface area contributed by atoms with Crippen LogP contribution in [-0.4, -0.2) is 94.4 Å². The van der Waals surface area contributed by atoms with E-state index in [2.05, 4.69) is 10.6 Å². The van der Waals surface area contributed by atoms with Crippen molar-refractivity contribution in [3.63, 3.8) is 0 Å². The van der Waals surface area contributed by atoms with Crippen molar-refractivity contribution in [3.05, 3.63) is 0 Å². The highest BCUT2D eigenvalue weighted by Crippen LogP contribution is 2.43. The van der Waals surface area contributed by atoms with Gasteiger partial charge in [0.05, 0.1) is 25.4 Å². The molecule has 0 aliphatic carbocycles. The molecule has 0 radical (unpaired) electrons. The average Bonchev–Trinajstić information content (AvgIpc) is 3.03. The number of aliphatic hydroxyl groups excluding tert-OH is 2. The summed E-state index contributed by atoms with van der Waals surface area (Å²) >= 11 is 0. The maximum atomic E-state index is 10.9. The second kappa shape index (κ2) is 8.79. The molecule has 6 N–H and O–H groups in total. The van der Waals surface area contributed by atoms with Gasteiger partial charge in [-0.25, -0.2) is 0 Å². The monoisotopic (exact) mass is 376 g/mol. The van der Waals surface area contributed by atoms with Crippen LogP contribution in [0.1, 0.15) is 40.5 Å². The molecule has 2 aliphatic heterocycles. The van der Waals surface area contributed by atoms with Crippen LogP contribution in [0.3, 0.4) is 0 Å². The van der Waals surface area contributed by atoms with E-state index < -0.39 is 35.6 Å². The largest absolute Gasteiger partial charge is 0.392 e. The first-order valence-corrected chi connectivity index (χ1v) is 9.56. The van der Waals surface area contributed by atoms with Crippen LogP contribution in [-0.2, 0) is 9.47 Å². The van der Waals surface area contributed by atoms with Crippen molar-refractivity contribution in [1.29, 1.82) is 0 Å². The van der Waals surface area contributed by atoms with E-state index in [4.69, 9.17) is 9.47 Å². The second-order valence-electron chi connectivity index (χ2n) is 8.51. The number of hydrogen-bond acceptors (Lipinski definition) is 8. The zero-order chi connectivity index (χ0) is 19.5. The molecule has 2 fully saturated rings. The van der Waals surface area contributed by atoms with E-state index >= 15 is 0 Å². The summed E-state index contributed by atoms with van der Waals surface area (Å²) in [5.74, 6) is 0. The first-order valence-electron chi connectivity index (χ1n) is 9.56. The molecule has 2 aliphatic rings. The molecule has 8 nitrogen and oxygen atoms in total. The fourth-order valence-corrected chi connectivity index (χ4v) is 3.74. The highest BCUT2D eigenvalue weighted by Gasteiger charge is 2.62. The number of nitrogens with one attached hydrogen (secondary N) is 2. The van der Waals surface area contributed by atoms with Crippen molar-refractivity contribution in [2.75, 3.05) is 26.3 Å². The number of ether oxygens (including phenoxy) is 2. The first kappa shape index (κ1) is 22.0. The van der Waals surface area contributed by atoms with E-state index in [1.165, 1.54) is 0 Å². The summed E-state index contributed by atoms with van der Waals surface area (Å²) in [5, 5.41) is 48.5. The lowest BCUT2D eigenvalue weighted by molar-refractivity contribution is -0.111. The van der Waals surface area contributed by atoms with Gasteiger partial charge in [-0.2, -0.15) is 0 Å². The van der Waals surface area contributed by atoms with Crippen molar-refractivity contribution < 1.29 is 29.9 Å². The van der Waals surface area contributed by atoms with Gasteiger partial charge in [-0.3, -0.25) is 0 Å². The van der Waals surface area contributed by atoms with Gasteiger partial charge >= 0.3 is 0 Å². The van der Waals surface area contributed by atoms with Gasteiger partial charge in [0.15, 0.2) is 0 Å². The molecule has 0 amide bonds. The Morgan fingerprint density at radius 2 is 1.15 bits per heavy atom. The summed E-state index contributed by atoms with van der Waals surface area (Å²) in [7, 11) is 0. The number of rotatable bonds is 10. The van der Waals surface area contributed by atoms with Crippen molar-refractivity contribution in [2.45, 2.75) is 88.2 Å². The second-order valence-corrected chi connectivity index (χ2v) is 8.51. The Labute approximate surface area is 155 Å². The standard InChI is InChI=1S/C18H36N2O6/c1-11(2)19-7-13(21)5-17(23)9-25-16-15(17)26-10-18(16,24)6-14(22)8-20-12(3)4/h11-16,19-24H,5-10H2,1-4H3/t13?,14?,15-,16-,17-,18+/m0/s1. The molecule has 6 atom stereocenters. The Kier molecular flexibility index (Phi) is 7.43. The van der Waals surface area contributed by atoms with E-state index in [1.54, 1.807) is 0 Å². The minimum atomic E-state index is -1.35. The van der Waals surface area contributed by atoms with Gasteiger partial charge in [-0.05, 0) is 0 Å². The molecule has 0 spiro atoms. The summed E-state index contributed by atoms with van der Waals surface area (Å²) < 4.78 is 11.3. The molecular weight excluding hydrogens is 340 g/mol. The fraction of sp³-hybridized carbons (Fsp3) is 1.00. The van der Waals surface area contributed by atoms with Gasteiger partial charge in [-0.15, -0.1) is 0 Å². The third-order valence-corrected chi connectivity index (χ3v) is 5.06. The molecule has 154 valence electrons. The Hall–Kier alpha value is -0.320. The third-order valence-electron chi connectivity index (χ3n) is 5.06. The first-order chi connectivity index (χ1) is 12.1. The van der Waals surface area contributed by atoms with Crippen LogP contribution in [0.2, 0.25) is 0 Å². The Morgan fingerprint density at radius 1 is 0.808 bits per heavy atom. The minimum absolute atomic E-state index is 0.0102. The van der Waals surface area contributed by atoms with E-state index in [9.17, 15) is 20.4 Å². The van der Waals surface area contributed by atoms with Crippen LogP contribution >= 0.6 is 0 Å². The van der Waals surface area contributed by atoms with Gasteiger partial charge in [0.1, 0.15) is 23.4 Å². The Balaban J connectivity index is 1.92. The molecule has 2 rings (SSSR count). The summed E-state index contributed by atoms with van der Waals surface area (Å²) in [6, 6.07) is 0.473. The molecular formula is C18H36N2O6. The maximum absolute atomic E-state index is 10.9. The van der Waals surface area contributed by atoms with Gasteiger partial charge in [0.25, 0.3) is 0 Å². The van der Waals surface area contributed by atoms with Crippen LogP contribution in [0.15, 0.2) is 0 Å². The molecule has 0 saturated carbocycles. The van der Waals surface area contributed by atoms with Crippen molar-refractivity contribution in [1.82, 2.24) is 10.6 Å². The minimum Gasteiger partial charge on any atom is -0.392 e. The average molecular weight is 376 g/mol. The van der Waals surface area contributed by atoms with Gasteiger partial charge in [0, 0.05) is 38.0 Å². The molecule has 8 heteroatoms. The molecule has 0 aromatic carbocycles. The molecule has 0 bridgehead atoms. The highest BCUT2D eigenvalue weighted by molar-refractivity contribution is 5.11. The summed E-state index contributed by atoms with van der Waals surface area (Å²) in [6.45, 7) is 8.63. The maximum Gasteiger partial charge on any atom is 0.119 e. The van der Waals surface area contributed by atoms with E-state index in [0.29, 0.717) is 13.1 Å². The van der Waals surface area contributed by atoms with Crippen molar-refractivity contribution in [3.8, 4) is 0 Å². The molecule has 0 aromatic heterocycles. The number of fused-ring (bicyclic) bond motifs is 1. The lowest BCUT2D eigenvalue weighted by Gasteiger charge is -2.30. The topological polar surface area (TPSA) is 123 Å².